The average Bonchev–Trinajstić information content (AvgIpc) is 2.63. The van der Waals surface area contributed by atoms with E-state index in [0.29, 0.717) is 24.9 Å². The van der Waals surface area contributed by atoms with Gasteiger partial charge in [-0.25, -0.2) is 0 Å². The Labute approximate surface area is 99.0 Å². The maximum absolute atomic E-state index is 11.0. The zero-order chi connectivity index (χ0) is 12.6. The third-order valence-electron chi connectivity index (χ3n) is 3.28. The van der Waals surface area contributed by atoms with Crippen molar-refractivity contribution in [3.05, 3.63) is 11.7 Å². The normalized spacial score (nSPS) is 25.8. The largest absolute Gasteiger partial charge is 0.481 e. The lowest BCUT2D eigenvalue weighted by Gasteiger charge is -1.96. The number of hydrogen-bond acceptors (Lipinski definition) is 5. The van der Waals surface area contributed by atoms with Crippen LogP contribution < -0.4 is 0 Å². The first-order valence-corrected chi connectivity index (χ1v) is 5.61. The first-order valence-electron chi connectivity index (χ1n) is 5.61. The Morgan fingerprint density at radius 1 is 1.59 bits per heavy atom. The van der Waals surface area contributed by atoms with Crippen molar-refractivity contribution in [2.24, 2.45) is 11.3 Å². The van der Waals surface area contributed by atoms with E-state index in [1.165, 1.54) is 0 Å². The van der Waals surface area contributed by atoms with E-state index in [1.807, 2.05) is 20.8 Å². The number of carboxylic acid groups (broad SMARTS) is 1. The molecule has 17 heavy (non-hydrogen) atoms. The summed E-state index contributed by atoms with van der Waals surface area (Å²) in [6.45, 7) is 6.54. The Balaban J connectivity index is 2.09. The molecule has 1 saturated carbocycles. The summed E-state index contributed by atoms with van der Waals surface area (Å²) in [5.41, 5.74) is -0.318. The molecule has 1 N–H and O–H groups in total. The quantitative estimate of drug-likeness (QED) is 0.837. The SMILES string of the molecule is CCOCc1noc(C2C(C(=O)O)C2(C)C)n1. The summed E-state index contributed by atoms with van der Waals surface area (Å²) in [5, 5.41) is 12.8. The van der Waals surface area contributed by atoms with Gasteiger partial charge in [-0.3, -0.25) is 4.79 Å². The minimum atomic E-state index is -0.815. The summed E-state index contributed by atoms with van der Waals surface area (Å²) < 4.78 is 10.3. The molecule has 0 aliphatic heterocycles. The van der Waals surface area contributed by atoms with Gasteiger partial charge in [0, 0.05) is 6.61 Å². The molecule has 1 aliphatic rings. The van der Waals surface area contributed by atoms with Gasteiger partial charge >= 0.3 is 5.97 Å². The minimum absolute atomic E-state index is 0.192. The van der Waals surface area contributed by atoms with E-state index in [9.17, 15) is 4.79 Å². The summed E-state index contributed by atoms with van der Waals surface area (Å²) in [7, 11) is 0. The molecule has 0 bridgehead atoms. The van der Waals surface area contributed by atoms with E-state index >= 15 is 0 Å². The van der Waals surface area contributed by atoms with E-state index in [-0.39, 0.29) is 11.3 Å². The van der Waals surface area contributed by atoms with Gasteiger partial charge in [0.15, 0.2) is 5.82 Å². The first kappa shape index (κ1) is 12.0. The molecule has 2 rings (SSSR count). The fourth-order valence-electron chi connectivity index (χ4n) is 2.21. The second-order valence-corrected chi connectivity index (χ2v) is 4.80. The fourth-order valence-corrected chi connectivity index (χ4v) is 2.21. The predicted octanol–water partition coefficient (Wildman–Crippen LogP) is 1.43. The number of hydrogen-bond donors (Lipinski definition) is 1. The van der Waals surface area contributed by atoms with E-state index < -0.39 is 11.9 Å². The van der Waals surface area contributed by atoms with Gasteiger partial charge in [-0.1, -0.05) is 19.0 Å². The van der Waals surface area contributed by atoms with Crippen molar-refractivity contribution in [1.82, 2.24) is 10.1 Å². The third-order valence-corrected chi connectivity index (χ3v) is 3.28. The first-order chi connectivity index (χ1) is 7.98. The molecule has 0 spiro atoms. The molecule has 94 valence electrons. The van der Waals surface area contributed by atoms with Gasteiger partial charge in [-0.05, 0) is 12.3 Å². The molecule has 1 aliphatic carbocycles. The highest BCUT2D eigenvalue weighted by atomic mass is 16.5. The molecule has 1 aromatic rings. The van der Waals surface area contributed by atoms with Crippen molar-refractivity contribution in [2.45, 2.75) is 33.3 Å². The van der Waals surface area contributed by atoms with Crippen LogP contribution in [-0.2, 0) is 16.1 Å². The number of carboxylic acids is 1. The molecule has 6 heteroatoms. The van der Waals surface area contributed by atoms with Crippen LogP contribution in [0.15, 0.2) is 4.52 Å². The topological polar surface area (TPSA) is 85.5 Å². The Morgan fingerprint density at radius 3 is 2.82 bits per heavy atom. The van der Waals surface area contributed by atoms with Crippen molar-refractivity contribution in [3.8, 4) is 0 Å². The molecule has 1 heterocycles. The van der Waals surface area contributed by atoms with Crippen molar-refractivity contribution >= 4 is 5.97 Å². The van der Waals surface area contributed by atoms with Crippen LogP contribution in [0, 0.1) is 11.3 Å². The van der Waals surface area contributed by atoms with Gasteiger partial charge < -0.3 is 14.4 Å². The Hall–Kier alpha value is -1.43. The van der Waals surface area contributed by atoms with Crippen molar-refractivity contribution < 1.29 is 19.2 Å². The third kappa shape index (κ3) is 2.04. The molecule has 0 aromatic carbocycles. The summed E-state index contributed by atoms with van der Waals surface area (Å²) in [4.78, 5) is 15.2. The smallest absolute Gasteiger partial charge is 0.307 e. The molecule has 0 radical (unpaired) electrons. The van der Waals surface area contributed by atoms with Crippen LogP contribution in [0.25, 0.3) is 0 Å². The van der Waals surface area contributed by atoms with Crippen LogP contribution in [0.5, 0.6) is 0 Å². The van der Waals surface area contributed by atoms with Gasteiger partial charge in [-0.2, -0.15) is 4.98 Å². The minimum Gasteiger partial charge on any atom is -0.481 e. The highest BCUT2D eigenvalue weighted by Gasteiger charge is 2.65. The zero-order valence-corrected chi connectivity index (χ0v) is 10.1. The predicted molar refractivity (Wildman–Crippen MR) is 57.3 cm³/mol. The van der Waals surface area contributed by atoms with Crippen LogP contribution in [0.4, 0.5) is 0 Å². The van der Waals surface area contributed by atoms with Crippen LogP contribution in [0.2, 0.25) is 0 Å². The molecular formula is C11H16N2O4. The van der Waals surface area contributed by atoms with E-state index in [1.54, 1.807) is 0 Å². The second-order valence-electron chi connectivity index (χ2n) is 4.80. The number of aliphatic carboxylic acids is 1. The zero-order valence-electron chi connectivity index (χ0n) is 10.1. The van der Waals surface area contributed by atoms with Gasteiger partial charge in [0.05, 0.1) is 11.8 Å². The molecule has 2 unspecified atom stereocenters. The molecule has 1 fully saturated rings. The molecule has 6 nitrogen and oxygen atoms in total. The summed E-state index contributed by atoms with van der Waals surface area (Å²) in [6.07, 6.45) is 0. The molecule has 0 saturated heterocycles. The highest BCUT2D eigenvalue weighted by Crippen LogP contribution is 2.63. The average molecular weight is 240 g/mol. The summed E-state index contributed by atoms with van der Waals surface area (Å²) in [5.74, 6) is -0.582. The van der Waals surface area contributed by atoms with Gasteiger partial charge in [0.1, 0.15) is 6.61 Å². The maximum Gasteiger partial charge on any atom is 0.307 e. The lowest BCUT2D eigenvalue weighted by Crippen LogP contribution is -2.03. The Bertz CT molecular complexity index is 427. The van der Waals surface area contributed by atoms with Crippen molar-refractivity contribution in [1.29, 1.82) is 0 Å². The maximum atomic E-state index is 11.0. The Kier molecular flexibility index (Phi) is 2.91. The van der Waals surface area contributed by atoms with Crippen LogP contribution in [0.3, 0.4) is 0 Å². The number of aromatic nitrogens is 2. The van der Waals surface area contributed by atoms with Crippen LogP contribution in [-0.4, -0.2) is 27.8 Å². The Morgan fingerprint density at radius 2 is 2.29 bits per heavy atom. The van der Waals surface area contributed by atoms with Gasteiger partial charge in [-0.15, -0.1) is 0 Å². The molecule has 2 atom stereocenters. The van der Waals surface area contributed by atoms with Crippen molar-refractivity contribution in [3.63, 3.8) is 0 Å². The standard InChI is InChI=1S/C11H16N2O4/c1-4-16-5-6-12-9(17-13-6)7-8(10(14)15)11(7,2)3/h7-8H,4-5H2,1-3H3,(H,14,15). The fraction of sp³-hybridized carbons (Fsp3) is 0.727. The highest BCUT2D eigenvalue weighted by molar-refractivity contribution is 5.77. The van der Waals surface area contributed by atoms with Gasteiger partial charge in [0.2, 0.25) is 5.89 Å². The van der Waals surface area contributed by atoms with Crippen molar-refractivity contribution in [2.75, 3.05) is 6.61 Å². The molecule has 1 aromatic heterocycles. The number of rotatable bonds is 5. The molecule has 0 amide bonds. The second kappa shape index (κ2) is 4.10. The molecular weight excluding hydrogens is 224 g/mol. The van der Waals surface area contributed by atoms with E-state index in [0.717, 1.165) is 0 Å². The van der Waals surface area contributed by atoms with E-state index in [4.69, 9.17) is 14.4 Å². The van der Waals surface area contributed by atoms with Crippen LogP contribution >= 0.6 is 0 Å². The van der Waals surface area contributed by atoms with E-state index in [2.05, 4.69) is 10.1 Å². The number of carbonyl (C=O) groups is 1. The number of ether oxygens (including phenoxy) is 1. The monoisotopic (exact) mass is 240 g/mol. The lowest BCUT2D eigenvalue weighted by atomic mass is 10.1. The summed E-state index contributed by atoms with van der Waals surface area (Å²) in [6, 6.07) is 0. The van der Waals surface area contributed by atoms with Gasteiger partial charge in [0.25, 0.3) is 0 Å². The number of nitrogens with zero attached hydrogens (tertiary/aromatic N) is 2. The van der Waals surface area contributed by atoms with Crippen LogP contribution in [0.1, 0.15) is 38.4 Å². The summed E-state index contributed by atoms with van der Waals surface area (Å²) >= 11 is 0. The lowest BCUT2D eigenvalue weighted by molar-refractivity contribution is -0.139.